The van der Waals surface area contributed by atoms with Gasteiger partial charge in [0.05, 0.1) is 5.56 Å². The third kappa shape index (κ3) is 1.72. The average Bonchev–Trinajstić information content (AvgIpc) is 2.51. The first kappa shape index (κ1) is 9.80. The van der Waals surface area contributed by atoms with Gasteiger partial charge in [-0.05, 0) is 35.0 Å². The molecule has 1 nitrogen and oxygen atoms in total. The molecule has 0 radical (unpaired) electrons. The molecule has 1 aromatic carbocycles. The van der Waals surface area contributed by atoms with Gasteiger partial charge >= 0.3 is 0 Å². The van der Waals surface area contributed by atoms with Crippen LogP contribution in [0.4, 0.5) is 4.39 Å². The van der Waals surface area contributed by atoms with Crippen LogP contribution in [0.1, 0.15) is 4.88 Å². The summed E-state index contributed by atoms with van der Waals surface area (Å²) in [5.41, 5.74) is 0.547. The molecular formula is C10H7BrFNS. The molecule has 0 aliphatic carbocycles. The predicted octanol–water partition coefficient (Wildman–Crippen LogP) is 4.02. The number of halogens is 2. The lowest BCUT2D eigenvalue weighted by Crippen LogP contribution is -1.84. The molecule has 0 unspecified atom stereocenters. The first-order valence-corrected chi connectivity index (χ1v) is 5.66. The van der Waals surface area contributed by atoms with Crippen LogP contribution < -0.4 is 0 Å². The van der Waals surface area contributed by atoms with E-state index in [0.717, 1.165) is 9.35 Å². The van der Waals surface area contributed by atoms with Crippen molar-refractivity contribution < 1.29 is 4.39 Å². The monoisotopic (exact) mass is 271 g/mol. The highest BCUT2D eigenvalue weighted by atomic mass is 79.9. The van der Waals surface area contributed by atoms with E-state index in [0.29, 0.717) is 10.6 Å². The fraction of sp³-hybridized carbons (Fsp3) is 0.100. The maximum atomic E-state index is 13.5. The third-order valence-corrected chi connectivity index (χ3v) is 3.39. The van der Waals surface area contributed by atoms with Gasteiger partial charge in [0.1, 0.15) is 10.8 Å². The molecule has 1 heterocycles. The molecule has 0 atom stereocenters. The number of aromatic nitrogens is 1. The van der Waals surface area contributed by atoms with E-state index >= 15 is 0 Å². The van der Waals surface area contributed by atoms with E-state index in [1.807, 2.05) is 13.0 Å². The molecule has 14 heavy (non-hydrogen) atoms. The SMILES string of the molecule is Cc1cnc(-c2c(F)cccc2Br)s1. The zero-order chi connectivity index (χ0) is 10.1. The molecule has 0 bridgehead atoms. The largest absolute Gasteiger partial charge is 0.244 e. The molecule has 72 valence electrons. The Morgan fingerprint density at radius 2 is 2.21 bits per heavy atom. The Balaban J connectivity index is 2.61. The number of rotatable bonds is 1. The Morgan fingerprint density at radius 1 is 1.43 bits per heavy atom. The van der Waals surface area contributed by atoms with Gasteiger partial charge in [-0.3, -0.25) is 0 Å². The third-order valence-electron chi connectivity index (χ3n) is 1.80. The number of nitrogens with zero attached hydrogens (tertiary/aromatic N) is 1. The lowest BCUT2D eigenvalue weighted by atomic mass is 10.2. The van der Waals surface area contributed by atoms with Gasteiger partial charge in [-0.2, -0.15) is 0 Å². The molecule has 2 rings (SSSR count). The van der Waals surface area contributed by atoms with Crippen molar-refractivity contribution in [2.45, 2.75) is 6.92 Å². The van der Waals surface area contributed by atoms with Gasteiger partial charge in [0.15, 0.2) is 0 Å². The summed E-state index contributed by atoms with van der Waals surface area (Å²) >= 11 is 4.81. The van der Waals surface area contributed by atoms with Crippen LogP contribution in [0.2, 0.25) is 0 Å². The fourth-order valence-corrected chi connectivity index (χ4v) is 2.66. The lowest BCUT2D eigenvalue weighted by Gasteiger charge is -2.01. The minimum absolute atomic E-state index is 0.242. The summed E-state index contributed by atoms with van der Waals surface area (Å²) in [4.78, 5) is 5.24. The summed E-state index contributed by atoms with van der Waals surface area (Å²) in [7, 11) is 0. The first-order chi connectivity index (χ1) is 6.68. The average molecular weight is 272 g/mol. The molecule has 0 saturated heterocycles. The van der Waals surface area contributed by atoms with Crippen LogP contribution in [0, 0.1) is 12.7 Å². The summed E-state index contributed by atoms with van der Waals surface area (Å²) in [5.74, 6) is -0.242. The fourth-order valence-electron chi connectivity index (χ4n) is 1.17. The van der Waals surface area contributed by atoms with Crippen molar-refractivity contribution in [2.75, 3.05) is 0 Å². The second-order valence-corrected chi connectivity index (χ2v) is 4.96. The van der Waals surface area contributed by atoms with Crippen LogP contribution in [0.3, 0.4) is 0 Å². The van der Waals surface area contributed by atoms with Crippen molar-refractivity contribution in [1.29, 1.82) is 0 Å². The highest BCUT2D eigenvalue weighted by molar-refractivity contribution is 9.10. The normalized spacial score (nSPS) is 10.5. The van der Waals surface area contributed by atoms with Crippen molar-refractivity contribution in [1.82, 2.24) is 4.98 Å². The highest BCUT2D eigenvalue weighted by Gasteiger charge is 2.11. The molecule has 0 saturated carbocycles. The van der Waals surface area contributed by atoms with Crippen molar-refractivity contribution >= 4 is 27.3 Å². The smallest absolute Gasteiger partial charge is 0.134 e. The minimum Gasteiger partial charge on any atom is -0.244 e. The molecule has 0 aliphatic heterocycles. The summed E-state index contributed by atoms with van der Waals surface area (Å²) in [6.45, 7) is 1.95. The lowest BCUT2D eigenvalue weighted by molar-refractivity contribution is 0.630. The van der Waals surface area contributed by atoms with Crippen molar-refractivity contribution in [2.24, 2.45) is 0 Å². The molecule has 1 aromatic heterocycles. The molecule has 0 N–H and O–H groups in total. The van der Waals surface area contributed by atoms with Gasteiger partial charge in [0.25, 0.3) is 0 Å². The molecule has 0 fully saturated rings. The van der Waals surface area contributed by atoms with Crippen LogP contribution in [-0.4, -0.2) is 4.98 Å². The van der Waals surface area contributed by atoms with Gasteiger partial charge in [0, 0.05) is 15.5 Å². The number of hydrogen-bond donors (Lipinski definition) is 0. The van der Waals surface area contributed by atoms with Crippen molar-refractivity contribution in [3.8, 4) is 10.6 Å². The van der Waals surface area contributed by atoms with E-state index < -0.39 is 0 Å². The van der Waals surface area contributed by atoms with Gasteiger partial charge in [-0.15, -0.1) is 11.3 Å². The van der Waals surface area contributed by atoms with E-state index in [-0.39, 0.29) is 5.82 Å². The molecule has 4 heteroatoms. The topological polar surface area (TPSA) is 12.9 Å². The molecule has 0 spiro atoms. The number of thiazole rings is 1. The first-order valence-electron chi connectivity index (χ1n) is 4.05. The second-order valence-electron chi connectivity index (χ2n) is 2.87. The molecule has 0 aliphatic rings. The van der Waals surface area contributed by atoms with E-state index in [2.05, 4.69) is 20.9 Å². The standard InChI is InChI=1S/C10H7BrFNS/c1-6-5-13-10(14-6)9-7(11)3-2-4-8(9)12/h2-5H,1H3. The number of hydrogen-bond acceptors (Lipinski definition) is 2. The van der Waals surface area contributed by atoms with Crippen LogP contribution in [0.5, 0.6) is 0 Å². The maximum Gasteiger partial charge on any atom is 0.134 e. The molecule has 0 amide bonds. The summed E-state index contributed by atoms with van der Waals surface area (Å²) in [6.07, 6.45) is 1.75. The Labute approximate surface area is 93.7 Å². The highest BCUT2D eigenvalue weighted by Crippen LogP contribution is 2.33. The Morgan fingerprint density at radius 3 is 2.79 bits per heavy atom. The van der Waals surface area contributed by atoms with Crippen LogP contribution in [-0.2, 0) is 0 Å². The Bertz CT molecular complexity index is 447. The van der Waals surface area contributed by atoms with E-state index in [1.54, 1.807) is 12.3 Å². The summed E-state index contributed by atoms with van der Waals surface area (Å²) in [6, 6.07) is 4.93. The van der Waals surface area contributed by atoms with Crippen LogP contribution in [0.15, 0.2) is 28.9 Å². The van der Waals surface area contributed by atoms with Gasteiger partial charge in [-0.1, -0.05) is 6.07 Å². The zero-order valence-electron chi connectivity index (χ0n) is 7.42. The predicted molar refractivity (Wildman–Crippen MR) is 59.9 cm³/mol. The Kier molecular flexibility index (Phi) is 2.65. The van der Waals surface area contributed by atoms with Gasteiger partial charge < -0.3 is 0 Å². The quantitative estimate of drug-likeness (QED) is 0.764. The molecule has 2 aromatic rings. The summed E-state index contributed by atoms with van der Waals surface area (Å²) < 4.78 is 14.2. The van der Waals surface area contributed by atoms with E-state index in [1.165, 1.54) is 17.4 Å². The Hall–Kier alpha value is -0.740. The minimum atomic E-state index is -0.242. The van der Waals surface area contributed by atoms with Gasteiger partial charge in [-0.25, -0.2) is 9.37 Å². The molecular weight excluding hydrogens is 265 g/mol. The number of benzene rings is 1. The number of aryl methyl sites for hydroxylation is 1. The maximum absolute atomic E-state index is 13.5. The van der Waals surface area contributed by atoms with Crippen molar-refractivity contribution in [3.05, 3.63) is 39.6 Å². The van der Waals surface area contributed by atoms with E-state index in [4.69, 9.17) is 0 Å². The van der Waals surface area contributed by atoms with Crippen LogP contribution >= 0.6 is 27.3 Å². The van der Waals surface area contributed by atoms with Crippen molar-refractivity contribution in [3.63, 3.8) is 0 Å². The summed E-state index contributed by atoms with van der Waals surface area (Å²) in [5, 5.41) is 0.715. The van der Waals surface area contributed by atoms with E-state index in [9.17, 15) is 4.39 Å². The zero-order valence-corrected chi connectivity index (χ0v) is 9.82. The van der Waals surface area contributed by atoms with Gasteiger partial charge in [0.2, 0.25) is 0 Å². The second kappa shape index (κ2) is 3.79. The van der Waals surface area contributed by atoms with Crippen LogP contribution in [0.25, 0.3) is 10.6 Å².